The summed E-state index contributed by atoms with van der Waals surface area (Å²) in [5.74, 6) is 0. The number of aryl methyl sites for hydroxylation is 1. The molecule has 0 amide bonds. The van der Waals surface area contributed by atoms with Gasteiger partial charge in [0.05, 0.1) is 17.3 Å². The molecule has 2 heterocycles. The minimum absolute atomic E-state index is 0.687. The average Bonchev–Trinajstić information content (AvgIpc) is 2.46. The minimum Gasteiger partial charge on any atom is -0.240 e. The Morgan fingerprint density at radius 3 is 2.64 bits per heavy atom. The highest BCUT2D eigenvalue weighted by Crippen LogP contribution is 2.29. The highest BCUT2D eigenvalue weighted by Gasteiger charge is 2.30. The van der Waals surface area contributed by atoms with Gasteiger partial charge in [-0.2, -0.15) is 18.3 Å². The lowest BCUT2D eigenvalue weighted by molar-refractivity contribution is -0.137. The molecule has 0 aromatic carbocycles. The van der Waals surface area contributed by atoms with E-state index in [1.54, 1.807) is 6.92 Å². The van der Waals surface area contributed by atoms with E-state index >= 15 is 0 Å². The summed E-state index contributed by atoms with van der Waals surface area (Å²) < 4.78 is 38.1. The van der Waals surface area contributed by atoms with Crippen molar-refractivity contribution in [2.45, 2.75) is 13.1 Å². The number of fused-ring (bicyclic) bond motifs is 1. The number of hydrogen-bond donors (Lipinski definition) is 0. The SMILES string of the molecule is Cc1cnn2cc(C(F)(F)F)ccc12. The summed E-state index contributed by atoms with van der Waals surface area (Å²) in [5, 5.41) is 3.81. The van der Waals surface area contributed by atoms with Crippen molar-refractivity contribution in [2.75, 3.05) is 0 Å². The zero-order chi connectivity index (χ0) is 10.3. The van der Waals surface area contributed by atoms with Crippen LogP contribution in [0.5, 0.6) is 0 Å². The van der Waals surface area contributed by atoms with E-state index in [1.165, 1.54) is 16.8 Å². The van der Waals surface area contributed by atoms with Gasteiger partial charge in [0.1, 0.15) is 0 Å². The van der Waals surface area contributed by atoms with Crippen LogP contribution in [0.15, 0.2) is 24.5 Å². The summed E-state index contributed by atoms with van der Waals surface area (Å²) in [6.07, 6.45) is -1.79. The molecule has 0 atom stereocenters. The molecule has 2 aromatic heterocycles. The first kappa shape index (κ1) is 9.05. The predicted molar refractivity (Wildman–Crippen MR) is 44.9 cm³/mol. The van der Waals surface area contributed by atoms with Crippen molar-refractivity contribution in [3.8, 4) is 0 Å². The number of aromatic nitrogens is 2. The van der Waals surface area contributed by atoms with Crippen LogP contribution >= 0.6 is 0 Å². The summed E-state index contributed by atoms with van der Waals surface area (Å²) in [5.41, 5.74) is 0.866. The van der Waals surface area contributed by atoms with E-state index in [0.29, 0.717) is 5.52 Å². The van der Waals surface area contributed by atoms with Crippen LogP contribution < -0.4 is 0 Å². The van der Waals surface area contributed by atoms with Gasteiger partial charge < -0.3 is 0 Å². The van der Waals surface area contributed by atoms with Crippen molar-refractivity contribution in [1.29, 1.82) is 0 Å². The van der Waals surface area contributed by atoms with Gasteiger partial charge in [-0.15, -0.1) is 0 Å². The van der Waals surface area contributed by atoms with Crippen molar-refractivity contribution in [2.24, 2.45) is 0 Å². The fourth-order valence-corrected chi connectivity index (χ4v) is 1.28. The fourth-order valence-electron chi connectivity index (χ4n) is 1.28. The maximum atomic E-state index is 12.3. The Hall–Kier alpha value is -1.52. The molecule has 0 saturated heterocycles. The molecule has 5 heteroatoms. The smallest absolute Gasteiger partial charge is 0.240 e. The Labute approximate surface area is 78.0 Å². The second-order valence-corrected chi connectivity index (χ2v) is 3.07. The Morgan fingerprint density at radius 2 is 2.00 bits per heavy atom. The third-order valence-electron chi connectivity index (χ3n) is 2.04. The van der Waals surface area contributed by atoms with Crippen LogP contribution in [0.2, 0.25) is 0 Å². The van der Waals surface area contributed by atoms with Gasteiger partial charge in [-0.05, 0) is 24.6 Å². The van der Waals surface area contributed by atoms with E-state index in [2.05, 4.69) is 5.10 Å². The molecule has 14 heavy (non-hydrogen) atoms. The monoisotopic (exact) mass is 200 g/mol. The van der Waals surface area contributed by atoms with E-state index in [1.807, 2.05) is 0 Å². The maximum Gasteiger partial charge on any atom is 0.417 e. The molecule has 0 radical (unpaired) electrons. The molecule has 0 aliphatic heterocycles. The Bertz CT molecular complexity index is 470. The van der Waals surface area contributed by atoms with Crippen LogP contribution in [-0.2, 0) is 6.18 Å². The Morgan fingerprint density at radius 1 is 1.29 bits per heavy atom. The first-order valence-electron chi connectivity index (χ1n) is 3.99. The van der Waals surface area contributed by atoms with Crippen molar-refractivity contribution < 1.29 is 13.2 Å². The molecule has 2 nitrogen and oxygen atoms in total. The Balaban J connectivity index is 2.63. The lowest BCUT2D eigenvalue weighted by Gasteiger charge is -2.06. The van der Waals surface area contributed by atoms with Crippen molar-refractivity contribution in [3.63, 3.8) is 0 Å². The second kappa shape index (κ2) is 2.73. The molecule has 0 spiro atoms. The third-order valence-corrected chi connectivity index (χ3v) is 2.04. The van der Waals surface area contributed by atoms with E-state index in [-0.39, 0.29) is 0 Å². The standard InChI is InChI=1S/C9H7F3N2/c1-6-4-13-14-5-7(9(10,11)12)2-3-8(6)14/h2-5H,1H3. The lowest BCUT2D eigenvalue weighted by atomic mass is 10.2. The van der Waals surface area contributed by atoms with Crippen LogP contribution in [0.1, 0.15) is 11.1 Å². The largest absolute Gasteiger partial charge is 0.417 e. The predicted octanol–water partition coefficient (Wildman–Crippen LogP) is 2.66. The van der Waals surface area contributed by atoms with E-state index < -0.39 is 11.7 Å². The number of halogens is 3. The fraction of sp³-hybridized carbons (Fsp3) is 0.222. The molecular formula is C9H7F3N2. The maximum absolute atomic E-state index is 12.3. The summed E-state index contributed by atoms with van der Waals surface area (Å²) >= 11 is 0. The van der Waals surface area contributed by atoms with Gasteiger partial charge in [-0.1, -0.05) is 0 Å². The van der Waals surface area contributed by atoms with Gasteiger partial charge in [0.25, 0.3) is 0 Å². The van der Waals surface area contributed by atoms with Gasteiger partial charge in [-0.25, -0.2) is 4.52 Å². The first-order valence-corrected chi connectivity index (χ1v) is 3.99. The summed E-state index contributed by atoms with van der Waals surface area (Å²) in [6.45, 7) is 1.80. The van der Waals surface area contributed by atoms with Crippen LogP contribution in [0, 0.1) is 6.92 Å². The zero-order valence-electron chi connectivity index (χ0n) is 7.34. The number of nitrogens with zero attached hydrogens (tertiary/aromatic N) is 2. The molecule has 0 aliphatic rings. The van der Waals surface area contributed by atoms with E-state index in [4.69, 9.17) is 0 Å². The average molecular weight is 200 g/mol. The second-order valence-electron chi connectivity index (χ2n) is 3.07. The van der Waals surface area contributed by atoms with Crippen LogP contribution in [0.25, 0.3) is 5.52 Å². The minimum atomic E-state index is -4.31. The van der Waals surface area contributed by atoms with E-state index in [9.17, 15) is 13.2 Å². The van der Waals surface area contributed by atoms with Crippen molar-refractivity contribution in [1.82, 2.24) is 9.61 Å². The Kier molecular flexibility index (Phi) is 1.77. The molecular weight excluding hydrogens is 193 g/mol. The highest BCUT2D eigenvalue weighted by molar-refractivity contribution is 5.53. The summed E-state index contributed by atoms with van der Waals surface area (Å²) in [6, 6.07) is 2.48. The molecule has 0 fully saturated rings. The number of alkyl halides is 3. The molecule has 0 aliphatic carbocycles. The first-order chi connectivity index (χ1) is 6.48. The number of pyridine rings is 1. The highest BCUT2D eigenvalue weighted by atomic mass is 19.4. The van der Waals surface area contributed by atoms with Crippen LogP contribution in [0.3, 0.4) is 0 Å². The molecule has 2 rings (SSSR count). The van der Waals surface area contributed by atoms with Gasteiger partial charge >= 0.3 is 6.18 Å². The summed E-state index contributed by atoms with van der Waals surface area (Å²) in [7, 11) is 0. The van der Waals surface area contributed by atoms with Gasteiger partial charge in [0, 0.05) is 6.20 Å². The zero-order valence-corrected chi connectivity index (χ0v) is 7.34. The van der Waals surface area contributed by atoms with E-state index in [0.717, 1.165) is 17.8 Å². The summed E-state index contributed by atoms with van der Waals surface area (Å²) in [4.78, 5) is 0. The topological polar surface area (TPSA) is 17.3 Å². The lowest BCUT2D eigenvalue weighted by Crippen LogP contribution is -2.06. The van der Waals surface area contributed by atoms with Gasteiger partial charge in [0.2, 0.25) is 0 Å². The molecule has 0 bridgehead atoms. The van der Waals surface area contributed by atoms with Crippen molar-refractivity contribution in [3.05, 3.63) is 35.7 Å². The van der Waals surface area contributed by atoms with Crippen molar-refractivity contribution >= 4 is 5.52 Å². The van der Waals surface area contributed by atoms with Crippen LogP contribution in [0.4, 0.5) is 13.2 Å². The third kappa shape index (κ3) is 1.34. The molecule has 0 unspecified atom stereocenters. The molecule has 0 N–H and O–H groups in total. The quantitative estimate of drug-likeness (QED) is 0.639. The number of rotatable bonds is 0. The van der Waals surface area contributed by atoms with Gasteiger partial charge in [0.15, 0.2) is 0 Å². The molecule has 74 valence electrons. The molecule has 0 saturated carbocycles. The normalized spacial score (nSPS) is 12.3. The van der Waals surface area contributed by atoms with Gasteiger partial charge in [-0.3, -0.25) is 0 Å². The van der Waals surface area contributed by atoms with Crippen LogP contribution in [-0.4, -0.2) is 9.61 Å². The molecule has 2 aromatic rings. The number of hydrogen-bond acceptors (Lipinski definition) is 1.